The second-order valence-electron chi connectivity index (χ2n) is 19.6. The molecule has 0 atom stereocenters. The summed E-state index contributed by atoms with van der Waals surface area (Å²) in [6.07, 6.45) is 0. The maximum Gasteiger partial charge on any atom is 0.0713 e. The van der Waals surface area contributed by atoms with E-state index in [2.05, 4.69) is 302 Å². The van der Waals surface area contributed by atoms with Gasteiger partial charge in [-0.1, -0.05) is 243 Å². The molecule has 1 heteroatoms. The van der Waals surface area contributed by atoms with Crippen molar-refractivity contribution in [2.75, 3.05) is 4.90 Å². The molecule has 13 aromatic rings. The van der Waals surface area contributed by atoms with Crippen LogP contribution in [0.25, 0.3) is 88.0 Å². The summed E-state index contributed by atoms with van der Waals surface area (Å²) in [4.78, 5) is 2.39. The van der Waals surface area contributed by atoms with E-state index in [1.807, 2.05) is 0 Å². The molecule has 14 rings (SSSR count). The second kappa shape index (κ2) is 17.9. The zero-order chi connectivity index (χ0) is 49.0. The summed E-state index contributed by atoms with van der Waals surface area (Å²) in [6, 6.07) is 110. The fourth-order valence-corrected chi connectivity index (χ4v) is 12.1. The number of anilines is 3. The van der Waals surface area contributed by atoms with E-state index in [1.54, 1.807) is 0 Å². The third kappa shape index (κ3) is 7.16. The molecule has 0 amide bonds. The summed E-state index contributed by atoms with van der Waals surface area (Å²) >= 11 is 0. The smallest absolute Gasteiger partial charge is 0.0713 e. The Bertz CT molecular complexity index is 4170. The maximum absolute atomic E-state index is 2.45. The van der Waals surface area contributed by atoms with Gasteiger partial charge in [0, 0.05) is 17.1 Å². The fraction of sp³-hybridized carbons (Fsp3) is 0.0137. The van der Waals surface area contributed by atoms with Crippen LogP contribution in [-0.4, -0.2) is 0 Å². The van der Waals surface area contributed by atoms with Gasteiger partial charge in [-0.2, -0.15) is 0 Å². The fourth-order valence-electron chi connectivity index (χ4n) is 12.1. The van der Waals surface area contributed by atoms with Crippen LogP contribution >= 0.6 is 0 Å². The van der Waals surface area contributed by atoms with Gasteiger partial charge in [0.25, 0.3) is 0 Å². The molecule has 1 aliphatic rings. The van der Waals surface area contributed by atoms with Crippen molar-refractivity contribution in [2.24, 2.45) is 0 Å². The summed E-state index contributed by atoms with van der Waals surface area (Å²) in [5.41, 5.74) is 20.1. The number of nitrogens with zero attached hydrogens (tertiary/aromatic N) is 1. The van der Waals surface area contributed by atoms with Gasteiger partial charge in [-0.25, -0.2) is 0 Å². The Kier molecular flexibility index (Phi) is 10.5. The van der Waals surface area contributed by atoms with Gasteiger partial charge in [0.05, 0.1) is 5.41 Å². The molecule has 0 bridgehead atoms. The lowest BCUT2D eigenvalue weighted by molar-refractivity contribution is 0.769. The highest BCUT2D eigenvalue weighted by atomic mass is 15.1. The molecule has 0 saturated heterocycles. The van der Waals surface area contributed by atoms with E-state index in [9.17, 15) is 0 Å². The monoisotopic (exact) mass is 939 g/mol. The Morgan fingerprint density at radius 3 is 1.35 bits per heavy atom. The van der Waals surface area contributed by atoms with Gasteiger partial charge in [0.2, 0.25) is 0 Å². The maximum atomic E-state index is 2.45. The van der Waals surface area contributed by atoms with Crippen LogP contribution in [0.1, 0.15) is 22.3 Å². The third-order valence-electron chi connectivity index (χ3n) is 15.5. The van der Waals surface area contributed by atoms with Crippen LogP contribution < -0.4 is 4.90 Å². The first-order chi connectivity index (χ1) is 36.7. The Morgan fingerprint density at radius 2 is 0.676 bits per heavy atom. The molecular formula is C73H49N. The molecule has 0 fully saturated rings. The van der Waals surface area contributed by atoms with Crippen LogP contribution in [0.3, 0.4) is 0 Å². The summed E-state index contributed by atoms with van der Waals surface area (Å²) < 4.78 is 0. The molecule has 0 N–H and O–H groups in total. The SMILES string of the molecule is c1ccc(C2(c3ccccc3)c3ccccc3-c3ccc(-c4ccc(N(c5ccc(-c6cccc(-c7cccc8ccccc78)c6)cc5)c5ccc(-c6cc7ccccc7c7ccccc67)cc5)cc4)cc32)cc1. The molecule has 0 saturated carbocycles. The number of benzene rings is 13. The van der Waals surface area contributed by atoms with Gasteiger partial charge in [-0.05, 0) is 165 Å². The van der Waals surface area contributed by atoms with Crippen molar-refractivity contribution in [2.45, 2.75) is 5.41 Å². The van der Waals surface area contributed by atoms with Crippen molar-refractivity contribution in [3.63, 3.8) is 0 Å². The number of hydrogen-bond donors (Lipinski definition) is 0. The van der Waals surface area contributed by atoms with E-state index in [4.69, 9.17) is 0 Å². The minimum absolute atomic E-state index is 0.462. The molecular weight excluding hydrogens is 891 g/mol. The standard InChI is InChI=1S/C73H49N/c1-3-22-58(23-4-1)73(59-24-5-2-6-25-59)71-32-14-13-30-68(71)69-46-39-55(49-72(69)73)51-35-42-61(43-36-51)74(62-44-37-53(38-45-62)70-48-57-18-8-10-27-65(57)66-28-11-12-29-67(66)70)60-40-33-50(34-41-60)54-20-15-21-56(47-54)64-31-16-19-52-17-7-9-26-63(52)64/h1-49H. The third-order valence-corrected chi connectivity index (χ3v) is 15.5. The van der Waals surface area contributed by atoms with Crippen molar-refractivity contribution in [3.05, 3.63) is 320 Å². The van der Waals surface area contributed by atoms with Crippen LogP contribution in [-0.2, 0) is 5.41 Å². The first-order valence-electron chi connectivity index (χ1n) is 25.6. The Labute approximate surface area is 432 Å². The highest BCUT2D eigenvalue weighted by Crippen LogP contribution is 2.57. The van der Waals surface area contributed by atoms with Gasteiger partial charge in [0.1, 0.15) is 0 Å². The van der Waals surface area contributed by atoms with E-state index in [-0.39, 0.29) is 0 Å². The zero-order valence-corrected chi connectivity index (χ0v) is 40.7. The van der Waals surface area contributed by atoms with Crippen LogP contribution in [0.5, 0.6) is 0 Å². The van der Waals surface area contributed by atoms with Crippen LogP contribution in [0.4, 0.5) is 17.1 Å². The van der Waals surface area contributed by atoms with Gasteiger partial charge in [0.15, 0.2) is 0 Å². The normalized spacial score (nSPS) is 12.4. The van der Waals surface area contributed by atoms with Crippen LogP contribution in [0.15, 0.2) is 297 Å². The molecule has 346 valence electrons. The Morgan fingerprint density at radius 1 is 0.216 bits per heavy atom. The van der Waals surface area contributed by atoms with Gasteiger partial charge in [-0.3, -0.25) is 0 Å². The predicted octanol–water partition coefficient (Wildman–Crippen LogP) is 19.6. The summed E-state index contributed by atoms with van der Waals surface area (Å²) in [5.74, 6) is 0. The number of fused-ring (bicyclic) bond motifs is 7. The van der Waals surface area contributed by atoms with E-state index < -0.39 is 5.41 Å². The number of hydrogen-bond acceptors (Lipinski definition) is 1. The van der Waals surface area contributed by atoms with Crippen molar-refractivity contribution in [1.82, 2.24) is 0 Å². The Hall–Kier alpha value is -9.56. The summed E-state index contributed by atoms with van der Waals surface area (Å²) in [6.45, 7) is 0. The molecule has 13 aromatic carbocycles. The van der Waals surface area contributed by atoms with E-state index >= 15 is 0 Å². The van der Waals surface area contributed by atoms with Crippen molar-refractivity contribution in [3.8, 4) is 55.6 Å². The molecule has 0 unspecified atom stereocenters. The Balaban J connectivity index is 0.864. The molecule has 74 heavy (non-hydrogen) atoms. The molecule has 1 aliphatic carbocycles. The highest BCUT2D eigenvalue weighted by molar-refractivity contribution is 6.14. The summed E-state index contributed by atoms with van der Waals surface area (Å²) in [5, 5.41) is 7.56. The summed E-state index contributed by atoms with van der Waals surface area (Å²) in [7, 11) is 0. The molecule has 0 aromatic heterocycles. The van der Waals surface area contributed by atoms with E-state index in [0.29, 0.717) is 0 Å². The molecule has 1 nitrogen and oxygen atoms in total. The second-order valence-corrected chi connectivity index (χ2v) is 19.6. The van der Waals surface area contributed by atoms with Crippen molar-refractivity contribution >= 4 is 49.4 Å². The van der Waals surface area contributed by atoms with Crippen LogP contribution in [0.2, 0.25) is 0 Å². The lowest BCUT2D eigenvalue weighted by Crippen LogP contribution is -2.28. The average Bonchev–Trinajstić information content (AvgIpc) is 3.86. The lowest BCUT2D eigenvalue weighted by atomic mass is 9.67. The first-order valence-corrected chi connectivity index (χ1v) is 25.6. The highest BCUT2D eigenvalue weighted by Gasteiger charge is 2.46. The molecule has 0 radical (unpaired) electrons. The molecule has 0 heterocycles. The van der Waals surface area contributed by atoms with Gasteiger partial charge in [-0.15, -0.1) is 0 Å². The lowest BCUT2D eigenvalue weighted by Gasteiger charge is -2.34. The molecule has 0 aliphatic heterocycles. The zero-order valence-electron chi connectivity index (χ0n) is 40.7. The minimum Gasteiger partial charge on any atom is -0.311 e. The minimum atomic E-state index is -0.462. The van der Waals surface area contributed by atoms with Gasteiger partial charge >= 0.3 is 0 Å². The predicted molar refractivity (Wildman–Crippen MR) is 313 cm³/mol. The van der Waals surface area contributed by atoms with Crippen molar-refractivity contribution < 1.29 is 0 Å². The van der Waals surface area contributed by atoms with Gasteiger partial charge < -0.3 is 4.90 Å². The molecule has 0 spiro atoms. The first kappa shape index (κ1) is 43.2. The van der Waals surface area contributed by atoms with E-state index in [1.165, 1.54) is 110 Å². The largest absolute Gasteiger partial charge is 0.311 e. The van der Waals surface area contributed by atoms with Crippen LogP contribution in [0, 0.1) is 0 Å². The average molecular weight is 940 g/mol. The van der Waals surface area contributed by atoms with E-state index in [0.717, 1.165) is 17.1 Å². The topological polar surface area (TPSA) is 3.24 Å². The quantitative estimate of drug-likeness (QED) is 0.130. The van der Waals surface area contributed by atoms with Crippen molar-refractivity contribution in [1.29, 1.82) is 0 Å². The number of rotatable bonds is 9.